The molecule has 2 heterocycles. The summed E-state index contributed by atoms with van der Waals surface area (Å²) in [4.78, 5) is 3.59. The van der Waals surface area contributed by atoms with Gasteiger partial charge in [-0.2, -0.15) is 13.2 Å². The van der Waals surface area contributed by atoms with E-state index in [2.05, 4.69) is 15.2 Å². The first kappa shape index (κ1) is 13.5. The van der Waals surface area contributed by atoms with Gasteiger partial charge in [-0.25, -0.2) is 4.98 Å². The lowest BCUT2D eigenvalue weighted by Gasteiger charge is -2.10. The molecule has 2 aromatic heterocycles. The van der Waals surface area contributed by atoms with Crippen molar-refractivity contribution in [1.82, 2.24) is 19.6 Å². The van der Waals surface area contributed by atoms with Crippen LogP contribution in [0.4, 0.5) is 13.2 Å². The first-order valence-electron chi connectivity index (χ1n) is 6.23. The highest BCUT2D eigenvalue weighted by molar-refractivity contribution is 5.62. The zero-order valence-electron chi connectivity index (χ0n) is 11.3. The lowest BCUT2D eigenvalue weighted by Crippen LogP contribution is -2.12. The van der Waals surface area contributed by atoms with Crippen LogP contribution in [0.3, 0.4) is 0 Å². The first-order chi connectivity index (χ1) is 9.88. The van der Waals surface area contributed by atoms with Gasteiger partial charge in [-0.3, -0.25) is 4.40 Å². The zero-order chi connectivity index (χ0) is 15.2. The Morgan fingerprint density at radius 3 is 2.38 bits per heavy atom. The molecule has 0 fully saturated rings. The Balaban J connectivity index is 2.25. The maximum atomic E-state index is 12.9. The molecule has 0 saturated heterocycles. The number of rotatable bonds is 1. The van der Waals surface area contributed by atoms with E-state index >= 15 is 0 Å². The van der Waals surface area contributed by atoms with Crippen molar-refractivity contribution in [3.8, 4) is 11.4 Å². The van der Waals surface area contributed by atoms with Gasteiger partial charge in [0.15, 0.2) is 11.5 Å². The van der Waals surface area contributed by atoms with E-state index in [0.29, 0.717) is 5.82 Å². The fraction of sp³-hybridized carbons (Fsp3) is 0.214. The van der Waals surface area contributed by atoms with Crippen LogP contribution in [0.2, 0.25) is 0 Å². The van der Waals surface area contributed by atoms with Gasteiger partial charge in [0.2, 0.25) is 0 Å². The van der Waals surface area contributed by atoms with E-state index in [1.807, 2.05) is 31.2 Å². The molecule has 0 unspecified atom stereocenters. The quantitative estimate of drug-likeness (QED) is 0.690. The van der Waals surface area contributed by atoms with E-state index in [0.717, 1.165) is 11.1 Å². The monoisotopic (exact) mass is 292 g/mol. The molecule has 4 nitrogen and oxygen atoms in total. The lowest BCUT2D eigenvalue weighted by molar-refractivity contribution is -0.141. The average molecular weight is 292 g/mol. The fourth-order valence-electron chi connectivity index (χ4n) is 2.22. The number of alkyl halides is 3. The first-order valence-corrected chi connectivity index (χ1v) is 6.23. The van der Waals surface area contributed by atoms with E-state index in [1.165, 1.54) is 17.5 Å². The standard InChI is InChI=1S/C14H11F3N4/c1-8-5-3-4-6-10(8)12-19-20-13-18-11(14(15,16)17)9(2)7-21(12)13/h3-7H,1-2H3. The Labute approximate surface area is 118 Å². The predicted molar refractivity (Wildman–Crippen MR) is 70.7 cm³/mol. The molecule has 0 atom stereocenters. The summed E-state index contributed by atoms with van der Waals surface area (Å²) in [5, 5.41) is 7.73. The van der Waals surface area contributed by atoms with Gasteiger partial charge in [-0.05, 0) is 25.0 Å². The van der Waals surface area contributed by atoms with Gasteiger partial charge in [0.05, 0.1) is 0 Å². The number of benzene rings is 1. The normalized spacial score (nSPS) is 12.0. The minimum Gasteiger partial charge on any atom is -0.266 e. The summed E-state index contributed by atoms with van der Waals surface area (Å²) in [6.45, 7) is 3.28. The number of nitrogens with zero attached hydrogens (tertiary/aromatic N) is 4. The number of halogens is 3. The number of aromatic nitrogens is 4. The van der Waals surface area contributed by atoms with Crippen LogP contribution in [0.1, 0.15) is 16.8 Å². The van der Waals surface area contributed by atoms with Gasteiger partial charge >= 0.3 is 6.18 Å². The molecular weight excluding hydrogens is 281 g/mol. The molecule has 0 amide bonds. The van der Waals surface area contributed by atoms with Crippen molar-refractivity contribution in [1.29, 1.82) is 0 Å². The van der Waals surface area contributed by atoms with Gasteiger partial charge in [0.1, 0.15) is 0 Å². The van der Waals surface area contributed by atoms with Gasteiger partial charge in [-0.15, -0.1) is 10.2 Å². The van der Waals surface area contributed by atoms with E-state index in [-0.39, 0.29) is 11.3 Å². The van der Waals surface area contributed by atoms with E-state index in [1.54, 1.807) is 0 Å². The van der Waals surface area contributed by atoms with Crippen molar-refractivity contribution < 1.29 is 13.2 Å². The second-order valence-corrected chi connectivity index (χ2v) is 4.78. The third-order valence-electron chi connectivity index (χ3n) is 3.24. The largest absolute Gasteiger partial charge is 0.433 e. The summed E-state index contributed by atoms with van der Waals surface area (Å²) in [7, 11) is 0. The highest BCUT2D eigenvalue weighted by atomic mass is 19.4. The maximum Gasteiger partial charge on any atom is 0.433 e. The predicted octanol–water partition coefficient (Wildman–Crippen LogP) is 3.43. The van der Waals surface area contributed by atoms with Crippen molar-refractivity contribution in [2.24, 2.45) is 0 Å². The summed E-state index contributed by atoms with van der Waals surface area (Å²) >= 11 is 0. The summed E-state index contributed by atoms with van der Waals surface area (Å²) < 4.78 is 40.0. The molecule has 0 aliphatic heterocycles. The topological polar surface area (TPSA) is 43.1 Å². The molecule has 7 heteroatoms. The zero-order valence-corrected chi connectivity index (χ0v) is 11.3. The molecule has 3 aromatic rings. The minimum absolute atomic E-state index is 0.0321. The molecule has 3 rings (SSSR count). The smallest absolute Gasteiger partial charge is 0.266 e. The summed E-state index contributed by atoms with van der Waals surface area (Å²) in [5.74, 6) is 0.415. The highest BCUT2D eigenvalue weighted by Gasteiger charge is 2.35. The van der Waals surface area contributed by atoms with E-state index in [4.69, 9.17) is 0 Å². The Bertz CT molecular complexity index is 821. The third-order valence-corrected chi connectivity index (χ3v) is 3.24. The minimum atomic E-state index is -4.50. The Kier molecular flexibility index (Phi) is 2.93. The summed E-state index contributed by atoms with van der Waals surface area (Å²) in [5.41, 5.74) is 0.874. The molecule has 0 radical (unpaired) electrons. The van der Waals surface area contributed by atoms with Gasteiger partial charge in [-0.1, -0.05) is 24.3 Å². The number of hydrogen-bond acceptors (Lipinski definition) is 3. The Hall–Kier alpha value is -2.44. The second-order valence-electron chi connectivity index (χ2n) is 4.78. The van der Waals surface area contributed by atoms with Crippen LogP contribution in [0, 0.1) is 13.8 Å². The molecule has 108 valence electrons. The molecule has 0 aliphatic carbocycles. The van der Waals surface area contributed by atoms with Crippen molar-refractivity contribution >= 4 is 5.78 Å². The van der Waals surface area contributed by atoms with Crippen LogP contribution >= 0.6 is 0 Å². The fourth-order valence-corrected chi connectivity index (χ4v) is 2.22. The molecule has 0 N–H and O–H groups in total. The molecular formula is C14H11F3N4. The Morgan fingerprint density at radius 1 is 1.00 bits per heavy atom. The van der Waals surface area contributed by atoms with Crippen LogP contribution in [0.5, 0.6) is 0 Å². The lowest BCUT2D eigenvalue weighted by atomic mass is 10.1. The highest BCUT2D eigenvalue weighted by Crippen LogP contribution is 2.31. The van der Waals surface area contributed by atoms with Crippen molar-refractivity contribution in [3.05, 3.63) is 47.3 Å². The summed E-state index contributed by atoms with van der Waals surface area (Å²) in [6, 6.07) is 7.47. The van der Waals surface area contributed by atoms with E-state index < -0.39 is 11.9 Å². The molecule has 0 aliphatic rings. The number of hydrogen-bond donors (Lipinski definition) is 0. The molecule has 1 aromatic carbocycles. The van der Waals surface area contributed by atoms with Crippen LogP contribution in [0.25, 0.3) is 17.2 Å². The van der Waals surface area contributed by atoms with Crippen LogP contribution in [-0.4, -0.2) is 19.6 Å². The van der Waals surface area contributed by atoms with Crippen molar-refractivity contribution in [2.45, 2.75) is 20.0 Å². The van der Waals surface area contributed by atoms with Crippen LogP contribution < -0.4 is 0 Å². The van der Waals surface area contributed by atoms with Crippen molar-refractivity contribution in [3.63, 3.8) is 0 Å². The van der Waals surface area contributed by atoms with Crippen LogP contribution in [-0.2, 0) is 6.18 Å². The molecule has 0 spiro atoms. The molecule has 0 bridgehead atoms. The molecule has 21 heavy (non-hydrogen) atoms. The van der Waals surface area contributed by atoms with E-state index in [9.17, 15) is 13.2 Å². The Morgan fingerprint density at radius 2 is 1.71 bits per heavy atom. The van der Waals surface area contributed by atoms with Gasteiger partial charge < -0.3 is 0 Å². The molecule has 0 saturated carbocycles. The SMILES string of the molecule is Cc1ccccc1-c1nnc2nc(C(F)(F)F)c(C)cn12. The average Bonchev–Trinajstić information content (AvgIpc) is 2.80. The van der Waals surface area contributed by atoms with Gasteiger partial charge in [0.25, 0.3) is 5.78 Å². The number of fused-ring (bicyclic) bond motifs is 1. The van der Waals surface area contributed by atoms with Crippen molar-refractivity contribution in [2.75, 3.05) is 0 Å². The number of aryl methyl sites for hydroxylation is 2. The second kappa shape index (κ2) is 4.54. The third kappa shape index (κ3) is 2.24. The van der Waals surface area contributed by atoms with Gasteiger partial charge in [0, 0.05) is 11.8 Å². The maximum absolute atomic E-state index is 12.9. The summed E-state index contributed by atoms with van der Waals surface area (Å²) in [6.07, 6.45) is -3.13. The van der Waals surface area contributed by atoms with Crippen LogP contribution in [0.15, 0.2) is 30.5 Å².